The fourth-order valence-corrected chi connectivity index (χ4v) is 3.85. The summed E-state index contributed by atoms with van der Waals surface area (Å²) >= 11 is 0. The molecule has 0 fully saturated rings. The van der Waals surface area contributed by atoms with Crippen molar-refractivity contribution in [2.75, 3.05) is 17.6 Å². The topological polar surface area (TPSA) is 83.8 Å². The Kier molecular flexibility index (Phi) is 6.31. The van der Waals surface area contributed by atoms with Crippen LogP contribution in [0.2, 0.25) is 0 Å². The molecule has 0 bridgehead atoms. The van der Waals surface area contributed by atoms with Gasteiger partial charge in [0, 0.05) is 35.2 Å². The smallest absolute Gasteiger partial charge is 0.271 e. The van der Waals surface area contributed by atoms with Crippen molar-refractivity contribution in [2.45, 2.75) is 20.8 Å². The first-order valence-electron chi connectivity index (χ1n) is 9.72. The second-order valence-corrected chi connectivity index (χ2v) is 9.44. The van der Waals surface area contributed by atoms with E-state index < -0.39 is 10.0 Å². The summed E-state index contributed by atoms with van der Waals surface area (Å²) in [4.78, 5) is 12.4. The van der Waals surface area contributed by atoms with Gasteiger partial charge in [0.25, 0.3) is 5.91 Å². The number of rotatable bonds is 6. The predicted octanol–water partition coefficient (Wildman–Crippen LogP) is 3.56. The normalized spacial score (nSPS) is 11.6. The lowest BCUT2D eigenvalue weighted by atomic mass is 10.2. The average molecular weight is 439 g/mol. The van der Waals surface area contributed by atoms with Crippen molar-refractivity contribution in [3.8, 4) is 5.69 Å². The van der Waals surface area contributed by atoms with E-state index in [4.69, 9.17) is 0 Å². The first-order chi connectivity index (χ1) is 14.6. The van der Waals surface area contributed by atoms with Crippen LogP contribution in [-0.4, -0.2) is 38.4 Å². The predicted molar refractivity (Wildman–Crippen MR) is 125 cm³/mol. The van der Waals surface area contributed by atoms with Gasteiger partial charge in [0.2, 0.25) is 10.0 Å². The van der Waals surface area contributed by atoms with Gasteiger partial charge in [-0.05, 0) is 62.7 Å². The van der Waals surface area contributed by atoms with Crippen molar-refractivity contribution in [3.05, 3.63) is 82.7 Å². The monoisotopic (exact) mass is 438 g/mol. The number of nitrogens with zero attached hydrogens (tertiary/aromatic N) is 3. The Bertz CT molecular complexity index is 1240. The van der Waals surface area contributed by atoms with Gasteiger partial charge in [-0.3, -0.25) is 9.10 Å². The number of amides is 1. The molecule has 0 aliphatic rings. The number of para-hydroxylation sites is 1. The molecule has 3 aromatic rings. The van der Waals surface area contributed by atoms with Crippen LogP contribution in [0.3, 0.4) is 0 Å². The van der Waals surface area contributed by atoms with Crippen LogP contribution in [0, 0.1) is 20.8 Å². The van der Waals surface area contributed by atoms with Crippen LogP contribution in [0.25, 0.3) is 5.69 Å². The number of carbonyl (C=O) groups is 1. The van der Waals surface area contributed by atoms with E-state index in [2.05, 4.69) is 34.2 Å². The van der Waals surface area contributed by atoms with Gasteiger partial charge in [-0.25, -0.2) is 13.8 Å². The highest BCUT2D eigenvalue weighted by molar-refractivity contribution is 7.92. The highest BCUT2D eigenvalue weighted by Crippen LogP contribution is 2.22. The number of nitrogens with one attached hydrogen (secondary N) is 1. The van der Waals surface area contributed by atoms with Crippen molar-refractivity contribution < 1.29 is 13.2 Å². The third kappa shape index (κ3) is 4.86. The molecular formula is C23H26N4O3S. The molecule has 1 N–H and O–H groups in total. The zero-order valence-corrected chi connectivity index (χ0v) is 19.1. The van der Waals surface area contributed by atoms with E-state index in [1.165, 1.54) is 12.6 Å². The number of aryl methyl sites for hydroxylation is 2. The van der Waals surface area contributed by atoms with E-state index in [1.54, 1.807) is 30.5 Å². The quantitative estimate of drug-likeness (QED) is 0.472. The summed E-state index contributed by atoms with van der Waals surface area (Å²) in [6, 6.07) is 16.5. The highest BCUT2D eigenvalue weighted by atomic mass is 32.2. The van der Waals surface area contributed by atoms with E-state index in [-0.39, 0.29) is 5.91 Å². The van der Waals surface area contributed by atoms with Crippen LogP contribution in [0.5, 0.6) is 0 Å². The van der Waals surface area contributed by atoms with Crippen LogP contribution >= 0.6 is 0 Å². The van der Waals surface area contributed by atoms with Gasteiger partial charge >= 0.3 is 0 Å². The molecule has 3 rings (SSSR count). The molecule has 0 saturated carbocycles. The van der Waals surface area contributed by atoms with Crippen molar-refractivity contribution in [1.29, 1.82) is 0 Å². The Labute approximate surface area is 183 Å². The molecule has 8 heteroatoms. The maximum absolute atomic E-state index is 12.4. The molecule has 1 heterocycles. The van der Waals surface area contributed by atoms with Crippen LogP contribution in [0.15, 0.2) is 59.7 Å². The van der Waals surface area contributed by atoms with Crippen LogP contribution in [-0.2, 0) is 10.0 Å². The minimum atomic E-state index is -3.36. The maximum Gasteiger partial charge on any atom is 0.271 e. The summed E-state index contributed by atoms with van der Waals surface area (Å²) in [6.07, 6.45) is 2.75. The lowest BCUT2D eigenvalue weighted by molar-refractivity contribution is 0.0955. The summed E-state index contributed by atoms with van der Waals surface area (Å²) in [5, 5.41) is 4.10. The highest BCUT2D eigenvalue weighted by Gasteiger charge is 2.13. The second kappa shape index (κ2) is 8.77. The summed E-state index contributed by atoms with van der Waals surface area (Å²) in [5.41, 5.74) is 8.68. The van der Waals surface area contributed by atoms with Gasteiger partial charge in [0.15, 0.2) is 0 Å². The molecule has 7 nitrogen and oxygen atoms in total. The SMILES string of the molecule is Cc1ccccc1-n1c(C)cc(/C=N\NC(=O)c2ccc(N(C)S(C)(=O)=O)cc2)c1C. The van der Waals surface area contributed by atoms with Crippen molar-refractivity contribution in [3.63, 3.8) is 0 Å². The van der Waals surface area contributed by atoms with Gasteiger partial charge < -0.3 is 4.57 Å². The standard InChI is InChI=1S/C23H26N4O3S/c1-16-8-6-7-9-22(16)27-17(2)14-20(18(27)3)15-24-25-23(28)19-10-12-21(13-11-19)26(4)31(5,29)30/h6-15H,1-5H3,(H,25,28)/b24-15-. The first-order valence-corrected chi connectivity index (χ1v) is 11.6. The Morgan fingerprint density at radius 1 is 1.06 bits per heavy atom. The number of benzene rings is 2. The fourth-order valence-electron chi connectivity index (χ4n) is 3.34. The number of aromatic nitrogens is 1. The zero-order chi connectivity index (χ0) is 22.8. The minimum absolute atomic E-state index is 0.377. The molecule has 0 aliphatic carbocycles. The molecule has 0 aliphatic heterocycles. The second-order valence-electron chi connectivity index (χ2n) is 7.42. The van der Waals surface area contributed by atoms with E-state index in [1.807, 2.05) is 32.0 Å². The Hall–Kier alpha value is -3.39. The fraction of sp³-hybridized carbons (Fsp3) is 0.217. The lowest BCUT2D eigenvalue weighted by Crippen LogP contribution is -2.25. The first kappa shape index (κ1) is 22.3. The molecule has 1 amide bonds. The summed E-state index contributed by atoms with van der Waals surface area (Å²) < 4.78 is 26.5. The van der Waals surface area contributed by atoms with Gasteiger partial charge in [0.1, 0.15) is 0 Å². The molecule has 2 aromatic carbocycles. The van der Waals surface area contributed by atoms with E-state index in [9.17, 15) is 13.2 Å². The van der Waals surface area contributed by atoms with E-state index in [0.717, 1.165) is 33.2 Å². The van der Waals surface area contributed by atoms with Gasteiger partial charge in [-0.15, -0.1) is 0 Å². The van der Waals surface area contributed by atoms with Crippen LogP contribution < -0.4 is 9.73 Å². The Morgan fingerprint density at radius 3 is 2.32 bits per heavy atom. The number of hydrazone groups is 1. The lowest BCUT2D eigenvalue weighted by Gasteiger charge is -2.16. The van der Waals surface area contributed by atoms with E-state index >= 15 is 0 Å². The van der Waals surface area contributed by atoms with Crippen molar-refractivity contribution >= 4 is 27.8 Å². The van der Waals surface area contributed by atoms with Crippen LogP contribution in [0.1, 0.15) is 32.9 Å². The van der Waals surface area contributed by atoms with E-state index in [0.29, 0.717) is 11.3 Å². The molecule has 162 valence electrons. The average Bonchev–Trinajstić information content (AvgIpc) is 3.00. The van der Waals surface area contributed by atoms with Crippen molar-refractivity contribution in [1.82, 2.24) is 9.99 Å². The third-order valence-corrected chi connectivity index (χ3v) is 6.39. The number of carbonyl (C=O) groups excluding carboxylic acids is 1. The Balaban J connectivity index is 1.73. The zero-order valence-electron chi connectivity index (χ0n) is 18.2. The number of sulfonamides is 1. The number of hydrogen-bond acceptors (Lipinski definition) is 4. The van der Waals surface area contributed by atoms with Crippen LogP contribution in [0.4, 0.5) is 5.69 Å². The molecule has 0 saturated heterocycles. The minimum Gasteiger partial charge on any atom is -0.318 e. The molecule has 31 heavy (non-hydrogen) atoms. The van der Waals surface area contributed by atoms with Gasteiger partial charge in [-0.2, -0.15) is 5.10 Å². The number of anilines is 1. The molecule has 0 unspecified atom stereocenters. The summed E-state index contributed by atoms with van der Waals surface area (Å²) in [7, 11) is -1.89. The summed E-state index contributed by atoms with van der Waals surface area (Å²) in [5.74, 6) is -0.377. The Morgan fingerprint density at radius 2 is 1.71 bits per heavy atom. The van der Waals surface area contributed by atoms with Gasteiger partial charge in [-0.1, -0.05) is 18.2 Å². The number of hydrogen-bond donors (Lipinski definition) is 1. The molecule has 1 aromatic heterocycles. The maximum atomic E-state index is 12.4. The third-order valence-electron chi connectivity index (χ3n) is 5.19. The van der Waals surface area contributed by atoms with Crippen molar-refractivity contribution in [2.24, 2.45) is 5.10 Å². The largest absolute Gasteiger partial charge is 0.318 e. The summed E-state index contributed by atoms with van der Waals surface area (Å²) in [6.45, 7) is 6.12. The molecule has 0 radical (unpaired) electrons. The van der Waals surface area contributed by atoms with Gasteiger partial charge in [0.05, 0.1) is 18.2 Å². The molecular weight excluding hydrogens is 412 g/mol. The molecule has 0 atom stereocenters. The molecule has 0 spiro atoms.